The summed E-state index contributed by atoms with van der Waals surface area (Å²) in [7, 11) is 0. The van der Waals surface area contributed by atoms with Crippen molar-refractivity contribution in [3.05, 3.63) is 35.8 Å². The Morgan fingerprint density at radius 1 is 1.50 bits per heavy atom. The molecule has 0 spiro atoms. The van der Waals surface area contributed by atoms with Crippen LogP contribution < -0.4 is 5.32 Å². The number of hydrogen-bond acceptors (Lipinski definition) is 2. The van der Waals surface area contributed by atoms with E-state index in [1.165, 1.54) is 16.8 Å². The molecule has 0 aliphatic carbocycles. The van der Waals surface area contributed by atoms with Crippen molar-refractivity contribution >= 4 is 11.7 Å². The first-order valence-electron chi connectivity index (χ1n) is 6.27. The van der Waals surface area contributed by atoms with Crippen LogP contribution in [0.25, 0.3) is 0 Å². The number of nitrogens with one attached hydrogen (secondary N) is 2. The van der Waals surface area contributed by atoms with Gasteiger partial charge in [-0.1, -0.05) is 13.8 Å². The van der Waals surface area contributed by atoms with Crippen LogP contribution in [0.2, 0.25) is 0 Å². The molecule has 1 amide bonds. The molecule has 0 bridgehead atoms. The van der Waals surface area contributed by atoms with Crippen LogP contribution in [0.15, 0.2) is 24.4 Å². The van der Waals surface area contributed by atoms with E-state index in [2.05, 4.69) is 15.5 Å². The van der Waals surface area contributed by atoms with Crippen molar-refractivity contribution in [1.82, 2.24) is 14.8 Å². The van der Waals surface area contributed by atoms with Crippen LogP contribution in [0.5, 0.6) is 0 Å². The molecule has 0 aliphatic rings. The number of carbonyl (C=O) groups excluding carboxylic acids is 1. The third-order valence-corrected chi connectivity index (χ3v) is 2.86. The first-order valence-corrected chi connectivity index (χ1v) is 6.27. The number of hydrogen-bond donors (Lipinski definition) is 2. The molecule has 2 aromatic heterocycles. The smallest absolute Gasteiger partial charge is 0.273 e. The Morgan fingerprint density at radius 2 is 2.25 bits per heavy atom. The molecule has 2 rings (SSSR count). The van der Waals surface area contributed by atoms with Crippen molar-refractivity contribution < 1.29 is 13.6 Å². The van der Waals surface area contributed by atoms with E-state index >= 15 is 0 Å². The highest BCUT2D eigenvalue weighted by atomic mass is 19.3. The lowest BCUT2D eigenvalue weighted by molar-refractivity contribution is 0.0997. The number of alkyl halides is 2. The Kier molecular flexibility index (Phi) is 4.16. The minimum Gasteiger partial charge on any atom is -0.338 e. The van der Waals surface area contributed by atoms with Gasteiger partial charge < -0.3 is 9.88 Å². The molecular formula is C13H16F2N4O. The van der Waals surface area contributed by atoms with Crippen LogP contribution >= 0.6 is 0 Å². The maximum absolute atomic E-state index is 12.4. The number of H-pyrrole nitrogens is 1. The molecule has 0 unspecified atom stereocenters. The van der Waals surface area contributed by atoms with Crippen LogP contribution in [0.1, 0.15) is 35.9 Å². The fraction of sp³-hybridized carbons (Fsp3) is 0.385. The average molecular weight is 282 g/mol. The highest BCUT2D eigenvalue weighted by molar-refractivity contribution is 6.02. The van der Waals surface area contributed by atoms with Crippen molar-refractivity contribution in [2.45, 2.75) is 32.7 Å². The first kappa shape index (κ1) is 14.2. The SMILES string of the molecule is CC(C)c1cc(NC(=O)c2cccn2CC(F)F)n[nH]1. The Labute approximate surface area is 115 Å². The van der Waals surface area contributed by atoms with E-state index in [1.54, 1.807) is 12.1 Å². The van der Waals surface area contributed by atoms with Crippen LogP contribution in [-0.2, 0) is 6.54 Å². The van der Waals surface area contributed by atoms with E-state index in [9.17, 15) is 13.6 Å². The Balaban J connectivity index is 2.09. The minimum absolute atomic E-state index is 0.180. The van der Waals surface area contributed by atoms with Gasteiger partial charge in [0.05, 0.1) is 6.54 Å². The monoisotopic (exact) mass is 282 g/mol. The minimum atomic E-state index is -2.51. The molecule has 0 aliphatic heterocycles. The molecule has 20 heavy (non-hydrogen) atoms. The van der Waals surface area contributed by atoms with Gasteiger partial charge in [0.2, 0.25) is 0 Å². The highest BCUT2D eigenvalue weighted by Crippen LogP contribution is 2.16. The average Bonchev–Trinajstić information content (AvgIpc) is 2.97. The summed E-state index contributed by atoms with van der Waals surface area (Å²) in [5.74, 6) is 0.178. The number of aromatic nitrogens is 3. The summed E-state index contributed by atoms with van der Waals surface area (Å²) in [5.41, 5.74) is 1.07. The molecule has 2 N–H and O–H groups in total. The van der Waals surface area contributed by atoms with Crippen molar-refractivity contribution in [2.24, 2.45) is 0 Å². The Morgan fingerprint density at radius 3 is 2.85 bits per heavy atom. The predicted molar refractivity (Wildman–Crippen MR) is 71.1 cm³/mol. The highest BCUT2D eigenvalue weighted by Gasteiger charge is 2.15. The molecule has 0 aromatic carbocycles. The molecule has 0 atom stereocenters. The van der Waals surface area contributed by atoms with Crippen LogP contribution in [0, 0.1) is 0 Å². The first-order chi connectivity index (χ1) is 9.47. The molecule has 0 saturated heterocycles. The molecule has 2 aromatic rings. The Hall–Kier alpha value is -2.18. The number of carbonyl (C=O) groups is 1. The van der Waals surface area contributed by atoms with Crippen LogP contribution in [0.3, 0.4) is 0 Å². The van der Waals surface area contributed by atoms with Gasteiger partial charge in [-0.05, 0) is 18.1 Å². The van der Waals surface area contributed by atoms with Crippen molar-refractivity contribution in [3.8, 4) is 0 Å². The van der Waals surface area contributed by atoms with Crippen molar-refractivity contribution in [1.29, 1.82) is 0 Å². The molecule has 108 valence electrons. The largest absolute Gasteiger partial charge is 0.338 e. The third-order valence-electron chi connectivity index (χ3n) is 2.86. The number of anilines is 1. The van der Waals surface area contributed by atoms with Gasteiger partial charge in [-0.2, -0.15) is 5.10 Å². The maximum Gasteiger partial charge on any atom is 0.273 e. The Bertz CT molecular complexity index is 589. The second-order valence-corrected chi connectivity index (χ2v) is 4.75. The van der Waals surface area contributed by atoms with Gasteiger partial charge in [0, 0.05) is 18.0 Å². The molecule has 5 nitrogen and oxygen atoms in total. The van der Waals surface area contributed by atoms with Gasteiger partial charge in [-0.15, -0.1) is 0 Å². The lowest BCUT2D eigenvalue weighted by Gasteiger charge is -2.07. The summed E-state index contributed by atoms with van der Waals surface area (Å²) in [4.78, 5) is 12.0. The zero-order chi connectivity index (χ0) is 14.7. The number of halogens is 2. The summed E-state index contributed by atoms with van der Waals surface area (Å²) < 4.78 is 26.0. The summed E-state index contributed by atoms with van der Waals surface area (Å²) in [6, 6.07) is 4.78. The third kappa shape index (κ3) is 3.23. The van der Waals surface area contributed by atoms with Gasteiger partial charge in [0.15, 0.2) is 5.82 Å². The van der Waals surface area contributed by atoms with Gasteiger partial charge in [-0.3, -0.25) is 9.89 Å². The fourth-order valence-corrected chi connectivity index (χ4v) is 1.80. The fourth-order valence-electron chi connectivity index (χ4n) is 1.80. The molecule has 0 fully saturated rings. The van der Waals surface area contributed by atoms with Crippen molar-refractivity contribution in [2.75, 3.05) is 5.32 Å². The van der Waals surface area contributed by atoms with Gasteiger partial charge in [0.1, 0.15) is 5.69 Å². The van der Waals surface area contributed by atoms with E-state index in [1.807, 2.05) is 13.8 Å². The second-order valence-electron chi connectivity index (χ2n) is 4.75. The molecular weight excluding hydrogens is 266 g/mol. The topological polar surface area (TPSA) is 62.7 Å². The maximum atomic E-state index is 12.4. The number of rotatable bonds is 5. The lowest BCUT2D eigenvalue weighted by atomic mass is 10.1. The molecule has 0 radical (unpaired) electrons. The summed E-state index contributed by atoms with van der Waals surface area (Å²) in [6.07, 6.45) is -1.06. The van der Waals surface area contributed by atoms with Gasteiger partial charge in [-0.25, -0.2) is 8.78 Å². The summed E-state index contributed by atoms with van der Waals surface area (Å²) >= 11 is 0. The summed E-state index contributed by atoms with van der Waals surface area (Å²) in [6.45, 7) is 3.48. The molecule has 7 heteroatoms. The number of aromatic amines is 1. The van der Waals surface area contributed by atoms with E-state index in [4.69, 9.17) is 0 Å². The van der Waals surface area contributed by atoms with Gasteiger partial charge >= 0.3 is 0 Å². The van der Waals surface area contributed by atoms with Crippen LogP contribution in [0.4, 0.5) is 14.6 Å². The van der Waals surface area contributed by atoms with Crippen molar-refractivity contribution in [3.63, 3.8) is 0 Å². The standard InChI is InChI=1S/C13H16F2N4O/c1-8(2)9-6-12(18-17-9)16-13(20)10-4-3-5-19(10)7-11(14)15/h3-6,8,11H,7H2,1-2H3,(H2,16,17,18,20). The number of amides is 1. The molecule has 2 heterocycles. The lowest BCUT2D eigenvalue weighted by Crippen LogP contribution is -2.19. The van der Waals surface area contributed by atoms with Gasteiger partial charge in [0.25, 0.3) is 12.3 Å². The molecule has 0 saturated carbocycles. The van der Waals surface area contributed by atoms with E-state index < -0.39 is 18.9 Å². The van der Waals surface area contributed by atoms with E-state index in [0.29, 0.717) is 5.82 Å². The zero-order valence-corrected chi connectivity index (χ0v) is 11.2. The van der Waals surface area contributed by atoms with E-state index in [-0.39, 0.29) is 11.6 Å². The predicted octanol–water partition coefficient (Wildman–Crippen LogP) is 2.85. The quantitative estimate of drug-likeness (QED) is 0.885. The summed E-state index contributed by atoms with van der Waals surface area (Å²) in [5, 5.41) is 9.36. The van der Waals surface area contributed by atoms with Crippen LogP contribution in [-0.4, -0.2) is 27.1 Å². The normalized spacial score (nSPS) is 11.3. The number of nitrogens with zero attached hydrogens (tertiary/aromatic N) is 2. The van der Waals surface area contributed by atoms with E-state index in [0.717, 1.165) is 5.69 Å². The second kappa shape index (κ2) is 5.85. The zero-order valence-electron chi connectivity index (χ0n) is 11.2.